The maximum atomic E-state index is 4.13. The topological polar surface area (TPSA) is 66.5 Å². The fourth-order valence-electron chi connectivity index (χ4n) is 1.33. The fraction of sp³-hybridized carbons (Fsp3) is 0.444. The third kappa shape index (κ3) is 2.05. The van der Waals surface area contributed by atoms with Crippen LogP contribution in [0.4, 0.5) is 0 Å². The van der Waals surface area contributed by atoms with Crippen LogP contribution in [0.25, 0.3) is 10.7 Å². The first-order valence-corrected chi connectivity index (χ1v) is 5.79. The molecule has 0 atom stereocenters. The molecule has 1 fully saturated rings. The van der Waals surface area contributed by atoms with E-state index in [-0.39, 0.29) is 0 Å². The Labute approximate surface area is 90.9 Å². The van der Waals surface area contributed by atoms with Crippen molar-refractivity contribution in [2.75, 3.05) is 0 Å². The third-order valence-corrected chi connectivity index (χ3v) is 3.27. The van der Waals surface area contributed by atoms with Crippen LogP contribution in [0.15, 0.2) is 12.3 Å². The Morgan fingerprint density at radius 1 is 1.47 bits per heavy atom. The second-order valence-corrected chi connectivity index (χ2v) is 4.69. The summed E-state index contributed by atoms with van der Waals surface area (Å²) in [4.78, 5) is 0. The quantitative estimate of drug-likeness (QED) is 0.813. The molecule has 6 heteroatoms. The molecule has 0 aliphatic heterocycles. The number of hydrogen-bond acceptors (Lipinski definition) is 5. The summed E-state index contributed by atoms with van der Waals surface area (Å²) in [6.07, 6.45) is 4.32. The second kappa shape index (κ2) is 3.71. The Balaban J connectivity index is 1.69. The van der Waals surface area contributed by atoms with Gasteiger partial charge in [-0.1, -0.05) is 11.3 Å². The molecular weight excluding hydrogens is 210 g/mol. The molecule has 0 unspecified atom stereocenters. The molecule has 2 N–H and O–H groups in total. The van der Waals surface area contributed by atoms with Crippen molar-refractivity contribution in [3.8, 4) is 10.7 Å². The highest BCUT2D eigenvalue weighted by Crippen LogP contribution is 2.23. The van der Waals surface area contributed by atoms with Crippen LogP contribution in [0, 0.1) is 0 Å². The lowest BCUT2D eigenvalue weighted by Crippen LogP contribution is -2.14. The van der Waals surface area contributed by atoms with Gasteiger partial charge in [0.25, 0.3) is 0 Å². The predicted molar refractivity (Wildman–Crippen MR) is 57.4 cm³/mol. The molecule has 1 saturated carbocycles. The first-order valence-electron chi connectivity index (χ1n) is 4.97. The van der Waals surface area contributed by atoms with Gasteiger partial charge < -0.3 is 5.32 Å². The lowest BCUT2D eigenvalue weighted by Gasteiger charge is -1.95. The number of aromatic nitrogens is 4. The van der Waals surface area contributed by atoms with E-state index in [1.54, 1.807) is 17.5 Å². The van der Waals surface area contributed by atoms with E-state index in [0.29, 0.717) is 6.04 Å². The van der Waals surface area contributed by atoms with Crippen molar-refractivity contribution in [1.82, 2.24) is 25.7 Å². The molecule has 15 heavy (non-hydrogen) atoms. The number of nitrogens with one attached hydrogen (secondary N) is 2. The summed E-state index contributed by atoms with van der Waals surface area (Å²) in [6, 6.07) is 2.61. The molecule has 78 valence electrons. The van der Waals surface area contributed by atoms with E-state index in [9.17, 15) is 0 Å². The van der Waals surface area contributed by atoms with Crippen LogP contribution >= 0.6 is 11.3 Å². The van der Waals surface area contributed by atoms with Crippen LogP contribution in [0.5, 0.6) is 0 Å². The maximum absolute atomic E-state index is 4.13. The summed E-state index contributed by atoms with van der Waals surface area (Å²) >= 11 is 1.60. The lowest BCUT2D eigenvalue weighted by atomic mass is 10.5. The molecule has 0 aromatic carbocycles. The van der Waals surface area contributed by atoms with Gasteiger partial charge in [-0.05, 0) is 18.9 Å². The van der Waals surface area contributed by atoms with E-state index in [1.807, 2.05) is 6.07 Å². The summed E-state index contributed by atoms with van der Waals surface area (Å²) in [5.74, 6) is 0. The van der Waals surface area contributed by atoms with Crippen molar-refractivity contribution in [3.63, 3.8) is 0 Å². The van der Waals surface area contributed by atoms with Gasteiger partial charge in [0.15, 0.2) is 5.01 Å². The molecule has 2 heterocycles. The zero-order chi connectivity index (χ0) is 10.1. The minimum Gasteiger partial charge on any atom is -0.308 e. The van der Waals surface area contributed by atoms with Gasteiger partial charge in [-0.3, -0.25) is 5.10 Å². The first kappa shape index (κ1) is 8.99. The Kier molecular flexibility index (Phi) is 2.22. The second-order valence-electron chi connectivity index (χ2n) is 3.63. The highest BCUT2D eigenvalue weighted by Gasteiger charge is 2.20. The number of rotatable bonds is 4. The van der Waals surface area contributed by atoms with Crippen molar-refractivity contribution in [1.29, 1.82) is 0 Å². The average Bonchev–Trinajstić information content (AvgIpc) is 2.78. The van der Waals surface area contributed by atoms with Gasteiger partial charge in [-0.25, -0.2) is 0 Å². The van der Waals surface area contributed by atoms with Gasteiger partial charge in [-0.2, -0.15) is 5.10 Å². The number of H-pyrrole nitrogens is 1. The Bertz CT molecular complexity index is 431. The summed E-state index contributed by atoms with van der Waals surface area (Å²) in [6.45, 7) is 0.830. The normalized spacial score (nSPS) is 15.7. The largest absolute Gasteiger partial charge is 0.308 e. The molecule has 1 aliphatic carbocycles. The van der Waals surface area contributed by atoms with E-state index in [0.717, 1.165) is 22.3 Å². The van der Waals surface area contributed by atoms with Gasteiger partial charge in [0.05, 0.1) is 5.69 Å². The minimum absolute atomic E-state index is 0.713. The Morgan fingerprint density at radius 2 is 2.40 bits per heavy atom. The fourth-order valence-corrected chi connectivity index (χ4v) is 2.09. The zero-order valence-corrected chi connectivity index (χ0v) is 8.92. The van der Waals surface area contributed by atoms with E-state index < -0.39 is 0 Å². The van der Waals surface area contributed by atoms with Crippen molar-refractivity contribution in [2.45, 2.75) is 25.4 Å². The molecule has 3 rings (SSSR count). The van der Waals surface area contributed by atoms with E-state index in [4.69, 9.17) is 0 Å². The van der Waals surface area contributed by atoms with Gasteiger partial charge in [-0.15, -0.1) is 10.2 Å². The van der Waals surface area contributed by atoms with Gasteiger partial charge in [0, 0.05) is 18.8 Å². The SMILES string of the molecule is c1cc(-c2nnc(CNC3CC3)s2)[nH]n1. The van der Waals surface area contributed by atoms with Crippen LogP contribution in [0.1, 0.15) is 17.8 Å². The smallest absolute Gasteiger partial charge is 0.165 e. The molecule has 1 aliphatic rings. The standard InChI is InChI=1S/C9H11N5S/c1-2-6(1)10-5-8-13-14-9(15-8)7-3-4-11-12-7/h3-4,6,10H,1-2,5H2,(H,11,12). The monoisotopic (exact) mass is 221 g/mol. The minimum atomic E-state index is 0.713. The van der Waals surface area contributed by atoms with Gasteiger partial charge in [0.1, 0.15) is 5.01 Å². The molecule has 0 spiro atoms. The molecule has 0 bridgehead atoms. The molecule has 2 aromatic rings. The van der Waals surface area contributed by atoms with Gasteiger partial charge in [0.2, 0.25) is 0 Å². The summed E-state index contributed by atoms with van der Waals surface area (Å²) in [5, 5.41) is 20.4. The highest BCUT2D eigenvalue weighted by atomic mass is 32.1. The first-order chi connectivity index (χ1) is 7.42. The molecular formula is C9H11N5S. The van der Waals surface area contributed by atoms with Crippen LogP contribution in [-0.4, -0.2) is 26.4 Å². The van der Waals surface area contributed by atoms with E-state index in [1.165, 1.54) is 12.8 Å². The van der Waals surface area contributed by atoms with Crippen LogP contribution in [0.3, 0.4) is 0 Å². The number of hydrogen-bond donors (Lipinski definition) is 2. The van der Waals surface area contributed by atoms with Crippen molar-refractivity contribution in [2.24, 2.45) is 0 Å². The third-order valence-electron chi connectivity index (χ3n) is 2.32. The van der Waals surface area contributed by atoms with E-state index in [2.05, 4.69) is 25.7 Å². The molecule has 2 aromatic heterocycles. The number of nitrogens with zero attached hydrogens (tertiary/aromatic N) is 3. The summed E-state index contributed by atoms with van der Waals surface area (Å²) in [7, 11) is 0. The maximum Gasteiger partial charge on any atom is 0.165 e. The molecule has 0 saturated heterocycles. The predicted octanol–water partition coefficient (Wildman–Crippen LogP) is 1.18. The van der Waals surface area contributed by atoms with Crippen LogP contribution in [-0.2, 0) is 6.54 Å². The Hall–Kier alpha value is -1.27. The summed E-state index contributed by atoms with van der Waals surface area (Å²) in [5.41, 5.74) is 0.935. The molecule has 0 amide bonds. The van der Waals surface area contributed by atoms with Crippen LogP contribution in [0.2, 0.25) is 0 Å². The highest BCUT2D eigenvalue weighted by molar-refractivity contribution is 7.14. The summed E-state index contributed by atoms with van der Waals surface area (Å²) < 4.78 is 0. The van der Waals surface area contributed by atoms with Crippen molar-refractivity contribution >= 4 is 11.3 Å². The van der Waals surface area contributed by atoms with Crippen molar-refractivity contribution < 1.29 is 0 Å². The van der Waals surface area contributed by atoms with Gasteiger partial charge >= 0.3 is 0 Å². The lowest BCUT2D eigenvalue weighted by molar-refractivity contribution is 0.679. The Morgan fingerprint density at radius 3 is 3.13 bits per heavy atom. The van der Waals surface area contributed by atoms with Crippen molar-refractivity contribution in [3.05, 3.63) is 17.3 Å². The zero-order valence-electron chi connectivity index (χ0n) is 8.10. The van der Waals surface area contributed by atoms with Crippen LogP contribution < -0.4 is 5.32 Å². The molecule has 0 radical (unpaired) electrons. The van der Waals surface area contributed by atoms with E-state index >= 15 is 0 Å². The average molecular weight is 221 g/mol. The molecule has 5 nitrogen and oxygen atoms in total. The number of aromatic amines is 1.